The minimum atomic E-state index is 0.732. The van der Waals surface area contributed by atoms with E-state index in [0.717, 1.165) is 15.1 Å². The van der Waals surface area contributed by atoms with Crippen molar-refractivity contribution in [1.82, 2.24) is 0 Å². The van der Waals surface area contributed by atoms with Crippen LogP contribution in [0.15, 0.2) is 77.3 Å². The van der Waals surface area contributed by atoms with Gasteiger partial charge in [0.2, 0.25) is 0 Å². The third kappa shape index (κ3) is 2.31. The molecule has 2 heteroatoms. The minimum Gasteiger partial charge on any atom is -0.0831 e. The fourth-order valence-electron chi connectivity index (χ4n) is 2.87. The number of halogens is 2. The average Bonchev–Trinajstić information content (AvgIpc) is 2.56. The molecule has 0 aliphatic carbocycles. The summed E-state index contributed by atoms with van der Waals surface area (Å²) in [6.45, 7) is 0. The first-order chi connectivity index (χ1) is 10.7. The summed E-state index contributed by atoms with van der Waals surface area (Å²) in [7, 11) is 0. The van der Waals surface area contributed by atoms with Crippen LogP contribution in [0.25, 0.3) is 32.7 Å². The largest absolute Gasteiger partial charge is 0.0831 e. The molecule has 106 valence electrons. The molecule has 0 fully saturated rings. The molecule has 4 aromatic carbocycles. The van der Waals surface area contributed by atoms with Crippen LogP contribution in [0.5, 0.6) is 0 Å². The molecule has 0 aliphatic rings. The summed E-state index contributed by atoms with van der Waals surface area (Å²) in [5.41, 5.74) is 2.35. The summed E-state index contributed by atoms with van der Waals surface area (Å²) in [4.78, 5) is 0. The number of rotatable bonds is 1. The maximum Gasteiger partial charge on any atom is 0.0548 e. The van der Waals surface area contributed by atoms with Gasteiger partial charge in [-0.05, 0) is 66.8 Å². The second kappa shape index (κ2) is 5.42. The lowest BCUT2D eigenvalue weighted by molar-refractivity contribution is 1.61. The van der Waals surface area contributed by atoms with E-state index < -0.39 is 0 Å². The lowest BCUT2D eigenvalue weighted by Gasteiger charge is -2.08. The maximum atomic E-state index is 6.08. The van der Waals surface area contributed by atoms with Crippen molar-refractivity contribution in [2.45, 2.75) is 0 Å². The maximum absolute atomic E-state index is 6.08. The smallest absolute Gasteiger partial charge is 0.0548 e. The molecule has 0 radical (unpaired) electrons. The Kier molecular flexibility index (Phi) is 3.40. The lowest BCUT2D eigenvalue weighted by atomic mass is 9.97. The summed E-state index contributed by atoms with van der Waals surface area (Å²) in [5.74, 6) is 0. The van der Waals surface area contributed by atoms with Gasteiger partial charge >= 0.3 is 0 Å². The third-order valence-electron chi connectivity index (χ3n) is 4.00. The molecule has 0 spiro atoms. The molecule has 4 rings (SSSR count). The molecule has 0 atom stereocenters. The van der Waals surface area contributed by atoms with E-state index in [9.17, 15) is 0 Å². The topological polar surface area (TPSA) is 0 Å². The van der Waals surface area contributed by atoms with Gasteiger partial charge in [-0.25, -0.2) is 0 Å². The number of hydrogen-bond acceptors (Lipinski definition) is 0. The molecular weight excluding hydrogens is 356 g/mol. The Labute approximate surface area is 142 Å². The van der Waals surface area contributed by atoms with Crippen LogP contribution >= 0.6 is 27.5 Å². The Hall–Kier alpha value is -1.83. The molecular formula is C20H12BrCl. The zero-order valence-electron chi connectivity index (χ0n) is 11.7. The van der Waals surface area contributed by atoms with Gasteiger partial charge in [-0.2, -0.15) is 0 Å². The molecule has 0 saturated carbocycles. The van der Waals surface area contributed by atoms with Crippen molar-refractivity contribution < 1.29 is 0 Å². The van der Waals surface area contributed by atoms with Crippen LogP contribution in [0.1, 0.15) is 0 Å². The Morgan fingerprint density at radius 1 is 0.636 bits per heavy atom. The van der Waals surface area contributed by atoms with Crippen LogP contribution < -0.4 is 0 Å². The van der Waals surface area contributed by atoms with E-state index >= 15 is 0 Å². The van der Waals surface area contributed by atoms with Crippen LogP contribution in [-0.4, -0.2) is 0 Å². The second-order valence-corrected chi connectivity index (χ2v) is 6.61. The van der Waals surface area contributed by atoms with Gasteiger partial charge in [0.1, 0.15) is 0 Å². The summed E-state index contributed by atoms with van der Waals surface area (Å²) >= 11 is 9.58. The van der Waals surface area contributed by atoms with E-state index in [1.54, 1.807) is 0 Å². The molecule has 0 nitrogen and oxygen atoms in total. The predicted molar refractivity (Wildman–Crippen MR) is 99.6 cm³/mol. The number of hydrogen-bond donors (Lipinski definition) is 0. The van der Waals surface area contributed by atoms with Crippen molar-refractivity contribution in [3.8, 4) is 11.1 Å². The van der Waals surface area contributed by atoms with Crippen LogP contribution in [0.3, 0.4) is 0 Å². The molecule has 0 bridgehead atoms. The molecule has 22 heavy (non-hydrogen) atoms. The highest BCUT2D eigenvalue weighted by Crippen LogP contribution is 2.32. The normalized spacial score (nSPS) is 11.2. The van der Waals surface area contributed by atoms with E-state index in [1.165, 1.54) is 27.1 Å². The quantitative estimate of drug-likeness (QED) is 0.315. The Morgan fingerprint density at radius 3 is 2.18 bits per heavy atom. The number of fused-ring (bicyclic) bond motifs is 3. The van der Waals surface area contributed by atoms with Crippen LogP contribution in [0.2, 0.25) is 5.02 Å². The highest BCUT2D eigenvalue weighted by molar-refractivity contribution is 9.10. The Bertz CT molecular complexity index is 1000. The van der Waals surface area contributed by atoms with Crippen LogP contribution in [0.4, 0.5) is 0 Å². The molecule has 0 saturated heterocycles. The molecule has 0 amide bonds. The second-order valence-electron chi connectivity index (χ2n) is 5.35. The Morgan fingerprint density at radius 2 is 1.32 bits per heavy atom. The van der Waals surface area contributed by atoms with Crippen molar-refractivity contribution in [2.75, 3.05) is 0 Å². The van der Waals surface area contributed by atoms with Gasteiger partial charge in [-0.3, -0.25) is 0 Å². The van der Waals surface area contributed by atoms with Gasteiger partial charge in [-0.15, -0.1) is 0 Å². The van der Waals surface area contributed by atoms with Crippen LogP contribution in [0, 0.1) is 0 Å². The molecule has 0 N–H and O–H groups in total. The van der Waals surface area contributed by atoms with Gasteiger partial charge < -0.3 is 0 Å². The van der Waals surface area contributed by atoms with E-state index in [4.69, 9.17) is 11.6 Å². The van der Waals surface area contributed by atoms with Crippen molar-refractivity contribution >= 4 is 49.1 Å². The summed E-state index contributed by atoms with van der Waals surface area (Å²) in [5, 5.41) is 5.84. The molecule has 0 aromatic heterocycles. The number of benzene rings is 4. The van der Waals surface area contributed by atoms with Crippen molar-refractivity contribution in [3.63, 3.8) is 0 Å². The molecule has 0 heterocycles. The van der Waals surface area contributed by atoms with Crippen molar-refractivity contribution in [1.29, 1.82) is 0 Å². The van der Waals surface area contributed by atoms with E-state index in [-0.39, 0.29) is 0 Å². The zero-order chi connectivity index (χ0) is 15.1. The molecule has 0 unspecified atom stereocenters. The Balaban J connectivity index is 1.94. The first-order valence-corrected chi connectivity index (χ1v) is 8.26. The van der Waals surface area contributed by atoms with E-state index in [2.05, 4.69) is 82.7 Å². The highest BCUT2D eigenvalue weighted by Gasteiger charge is 2.05. The first kappa shape index (κ1) is 13.8. The summed E-state index contributed by atoms with van der Waals surface area (Å²) in [6.07, 6.45) is 0. The molecule has 4 aromatic rings. The van der Waals surface area contributed by atoms with Crippen LogP contribution in [-0.2, 0) is 0 Å². The van der Waals surface area contributed by atoms with Gasteiger partial charge in [0.15, 0.2) is 0 Å². The third-order valence-corrected chi connectivity index (χ3v) is 5.21. The van der Waals surface area contributed by atoms with Gasteiger partial charge in [0, 0.05) is 4.47 Å². The average molecular weight is 368 g/mol. The van der Waals surface area contributed by atoms with E-state index in [0.29, 0.717) is 0 Å². The molecule has 0 aliphatic heterocycles. The zero-order valence-corrected chi connectivity index (χ0v) is 14.0. The fraction of sp³-hybridized carbons (Fsp3) is 0. The van der Waals surface area contributed by atoms with Gasteiger partial charge in [0.25, 0.3) is 0 Å². The minimum absolute atomic E-state index is 0.732. The highest BCUT2D eigenvalue weighted by atomic mass is 79.9. The SMILES string of the molecule is Clc1ccc(-c2ccc3c(ccc4ccccc43)c2)cc1Br. The predicted octanol–water partition coefficient (Wildman–Crippen LogP) is 7.08. The first-order valence-electron chi connectivity index (χ1n) is 7.09. The van der Waals surface area contributed by atoms with Crippen molar-refractivity contribution in [2.24, 2.45) is 0 Å². The van der Waals surface area contributed by atoms with Crippen molar-refractivity contribution in [3.05, 3.63) is 82.3 Å². The summed E-state index contributed by atoms with van der Waals surface area (Å²) < 4.78 is 0.922. The standard InChI is InChI=1S/C20H12BrCl/c21-19-12-15(8-10-20(19)22)14-7-9-18-16(11-14)6-5-13-3-1-2-4-17(13)18/h1-12H. The monoisotopic (exact) mass is 366 g/mol. The van der Waals surface area contributed by atoms with Gasteiger partial charge in [0.05, 0.1) is 5.02 Å². The van der Waals surface area contributed by atoms with Gasteiger partial charge in [-0.1, -0.05) is 66.2 Å². The lowest BCUT2D eigenvalue weighted by Crippen LogP contribution is -1.82. The van der Waals surface area contributed by atoms with E-state index in [1.807, 2.05) is 6.07 Å². The fourth-order valence-corrected chi connectivity index (χ4v) is 3.36. The summed E-state index contributed by atoms with van der Waals surface area (Å²) in [6, 6.07) is 25.5.